The molecule has 4 aromatic carbocycles. The zero-order valence-electron chi connectivity index (χ0n) is 17.8. The van der Waals surface area contributed by atoms with Gasteiger partial charge in [0.05, 0.1) is 11.4 Å². The summed E-state index contributed by atoms with van der Waals surface area (Å²) in [4.78, 5) is 20.1. The van der Waals surface area contributed by atoms with Gasteiger partial charge in [-0.05, 0) is 48.4 Å². The third-order valence-corrected chi connectivity index (χ3v) is 6.87. The maximum atomic E-state index is 12.8. The molecule has 0 spiro atoms. The molecule has 5 heteroatoms. The number of nitrogens with zero attached hydrogens (tertiary/aromatic N) is 1. The predicted octanol–water partition coefficient (Wildman–Crippen LogP) is 6.95. The van der Waals surface area contributed by atoms with E-state index in [0.29, 0.717) is 17.1 Å². The van der Waals surface area contributed by atoms with E-state index in [-0.39, 0.29) is 5.91 Å². The van der Waals surface area contributed by atoms with E-state index in [4.69, 9.17) is 16.6 Å². The van der Waals surface area contributed by atoms with Crippen molar-refractivity contribution in [2.75, 3.05) is 6.54 Å². The number of carbonyl (C=O) groups excluding carboxylic acids is 1. The van der Waals surface area contributed by atoms with Gasteiger partial charge >= 0.3 is 0 Å². The highest BCUT2D eigenvalue weighted by Crippen LogP contribution is 2.41. The van der Waals surface area contributed by atoms with Gasteiger partial charge < -0.3 is 5.32 Å². The summed E-state index contributed by atoms with van der Waals surface area (Å²) >= 11 is 7.62. The molecule has 0 aromatic heterocycles. The summed E-state index contributed by atoms with van der Waals surface area (Å²) < 4.78 is 0. The molecule has 0 saturated heterocycles. The Morgan fingerprint density at radius 1 is 0.848 bits per heavy atom. The Morgan fingerprint density at radius 2 is 1.61 bits per heavy atom. The van der Waals surface area contributed by atoms with Crippen LogP contribution in [-0.2, 0) is 6.42 Å². The van der Waals surface area contributed by atoms with Crippen molar-refractivity contribution in [3.05, 3.63) is 124 Å². The molecule has 3 nitrogen and oxygen atoms in total. The molecule has 33 heavy (non-hydrogen) atoms. The third-order valence-electron chi connectivity index (χ3n) is 5.48. The van der Waals surface area contributed by atoms with E-state index in [0.717, 1.165) is 44.3 Å². The van der Waals surface area contributed by atoms with Crippen molar-refractivity contribution >= 4 is 40.7 Å². The van der Waals surface area contributed by atoms with Crippen LogP contribution >= 0.6 is 23.4 Å². The van der Waals surface area contributed by atoms with Crippen LogP contribution in [-0.4, -0.2) is 18.2 Å². The average Bonchev–Trinajstić information content (AvgIpc) is 3.02. The summed E-state index contributed by atoms with van der Waals surface area (Å²) in [7, 11) is 0. The number of aliphatic imine (C=N–C) groups is 1. The van der Waals surface area contributed by atoms with Crippen LogP contribution in [0.3, 0.4) is 0 Å². The zero-order valence-corrected chi connectivity index (χ0v) is 19.4. The predicted molar refractivity (Wildman–Crippen MR) is 136 cm³/mol. The molecule has 1 heterocycles. The Balaban J connectivity index is 1.41. The standard InChI is InChI=1S/C28H21ClN2OS/c29-22-13-10-19(11-14-22)16-17-30-28(32)21-12-15-26-24(18-21)31-27(20-6-2-1-3-7-20)23-8-4-5-9-25(23)33-26/h1-15,18H,16-17H2,(H,30,32). The molecule has 1 N–H and O–H groups in total. The lowest BCUT2D eigenvalue weighted by Crippen LogP contribution is -2.25. The summed E-state index contributed by atoms with van der Waals surface area (Å²) in [6.45, 7) is 0.552. The zero-order chi connectivity index (χ0) is 22.6. The third kappa shape index (κ3) is 4.87. The number of hydrogen-bond acceptors (Lipinski definition) is 3. The first-order valence-electron chi connectivity index (χ1n) is 10.8. The molecular formula is C28H21ClN2OS. The lowest BCUT2D eigenvalue weighted by molar-refractivity contribution is 0.0954. The van der Waals surface area contributed by atoms with E-state index in [2.05, 4.69) is 29.6 Å². The average molecular weight is 469 g/mol. The van der Waals surface area contributed by atoms with Gasteiger partial charge in [0.1, 0.15) is 0 Å². The summed E-state index contributed by atoms with van der Waals surface area (Å²) in [5.74, 6) is -0.102. The highest BCUT2D eigenvalue weighted by atomic mass is 35.5. The maximum absolute atomic E-state index is 12.8. The minimum atomic E-state index is -0.102. The van der Waals surface area contributed by atoms with Crippen LogP contribution in [0.2, 0.25) is 5.02 Å². The van der Waals surface area contributed by atoms with Gasteiger partial charge in [0, 0.05) is 38.0 Å². The molecule has 162 valence electrons. The first kappa shape index (κ1) is 21.5. The molecule has 0 unspecified atom stereocenters. The summed E-state index contributed by atoms with van der Waals surface area (Å²) in [5.41, 5.74) is 5.61. The van der Waals surface area contributed by atoms with Gasteiger partial charge in [0.2, 0.25) is 0 Å². The monoisotopic (exact) mass is 468 g/mol. The Labute approximate surface area is 202 Å². The highest BCUT2D eigenvalue weighted by molar-refractivity contribution is 7.99. The van der Waals surface area contributed by atoms with Crippen LogP contribution < -0.4 is 5.32 Å². The van der Waals surface area contributed by atoms with Crippen LogP contribution in [0, 0.1) is 0 Å². The fourth-order valence-electron chi connectivity index (χ4n) is 3.77. The van der Waals surface area contributed by atoms with Crippen LogP contribution in [0.4, 0.5) is 5.69 Å². The number of halogens is 1. The lowest BCUT2D eigenvalue weighted by Gasteiger charge is -2.08. The number of benzene rings is 4. The van der Waals surface area contributed by atoms with E-state index in [9.17, 15) is 4.79 Å². The van der Waals surface area contributed by atoms with E-state index < -0.39 is 0 Å². The Kier molecular flexibility index (Phi) is 6.29. The molecule has 0 saturated carbocycles. The largest absolute Gasteiger partial charge is 0.352 e. The normalized spacial score (nSPS) is 12.2. The van der Waals surface area contributed by atoms with Crippen molar-refractivity contribution in [3.63, 3.8) is 0 Å². The minimum absolute atomic E-state index is 0.102. The van der Waals surface area contributed by atoms with Gasteiger partial charge in [-0.3, -0.25) is 4.79 Å². The molecule has 0 atom stereocenters. The second-order valence-electron chi connectivity index (χ2n) is 7.74. The summed E-state index contributed by atoms with van der Waals surface area (Å²) in [5, 5.41) is 3.73. The Bertz CT molecular complexity index is 1330. The number of carbonyl (C=O) groups is 1. The molecule has 1 amide bonds. The minimum Gasteiger partial charge on any atom is -0.352 e. The fraction of sp³-hybridized carbons (Fsp3) is 0.0714. The number of amides is 1. The first-order chi connectivity index (χ1) is 16.2. The summed E-state index contributed by atoms with van der Waals surface area (Å²) in [6, 6.07) is 31.9. The molecule has 1 aliphatic rings. The van der Waals surface area contributed by atoms with Gasteiger partial charge in [-0.25, -0.2) is 4.99 Å². The van der Waals surface area contributed by atoms with Gasteiger partial charge in [-0.1, -0.05) is 84.0 Å². The van der Waals surface area contributed by atoms with Crippen molar-refractivity contribution in [2.45, 2.75) is 16.2 Å². The molecule has 1 aliphatic heterocycles. The van der Waals surface area contributed by atoms with Gasteiger partial charge in [0.25, 0.3) is 5.91 Å². The highest BCUT2D eigenvalue weighted by Gasteiger charge is 2.19. The quantitative estimate of drug-likeness (QED) is 0.303. The molecule has 4 aromatic rings. The number of nitrogens with one attached hydrogen (secondary N) is 1. The van der Waals surface area contributed by atoms with Crippen molar-refractivity contribution < 1.29 is 4.79 Å². The topological polar surface area (TPSA) is 41.5 Å². The number of hydrogen-bond donors (Lipinski definition) is 1. The van der Waals surface area contributed by atoms with Crippen molar-refractivity contribution in [1.29, 1.82) is 0 Å². The van der Waals surface area contributed by atoms with E-state index in [1.807, 2.05) is 72.8 Å². The van der Waals surface area contributed by atoms with Gasteiger partial charge in [-0.2, -0.15) is 0 Å². The lowest BCUT2D eigenvalue weighted by atomic mass is 10.0. The van der Waals surface area contributed by atoms with Crippen LogP contribution in [0.5, 0.6) is 0 Å². The molecule has 5 rings (SSSR count). The van der Waals surface area contributed by atoms with E-state index in [1.54, 1.807) is 11.8 Å². The number of rotatable bonds is 5. The van der Waals surface area contributed by atoms with E-state index >= 15 is 0 Å². The van der Waals surface area contributed by atoms with Gasteiger partial charge in [0.15, 0.2) is 0 Å². The van der Waals surface area contributed by atoms with Crippen molar-refractivity contribution in [1.82, 2.24) is 5.32 Å². The smallest absolute Gasteiger partial charge is 0.251 e. The molecule has 0 aliphatic carbocycles. The fourth-order valence-corrected chi connectivity index (χ4v) is 4.90. The van der Waals surface area contributed by atoms with Crippen molar-refractivity contribution in [3.8, 4) is 0 Å². The molecule has 0 radical (unpaired) electrons. The summed E-state index contributed by atoms with van der Waals surface area (Å²) in [6.07, 6.45) is 0.745. The van der Waals surface area contributed by atoms with Crippen LogP contribution in [0.15, 0.2) is 112 Å². The Morgan fingerprint density at radius 3 is 2.42 bits per heavy atom. The molecular weight excluding hydrogens is 448 g/mol. The molecule has 0 fully saturated rings. The SMILES string of the molecule is O=C(NCCc1ccc(Cl)cc1)c1ccc2c(c1)N=C(c1ccccc1)c1ccccc1S2. The van der Waals surface area contributed by atoms with Gasteiger partial charge in [-0.15, -0.1) is 0 Å². The van der Waals surface area contributed by atoms with Crippen molar-refractivity contribution in [2.24, 2.45) is 4.99 Å². The first-order valence-corrected chi connectivity index (χ1v) is 11.9. The second-order valence-corrected chi connectivity index (χ2v) is 9.26. The van der Waals surface area contributed by atoms with Crippen LogP contribution in [0.25, 0.3) is 0 Å². The Hall–Kier alpha value is -3.34. The maximum Gasteiger partial charge on any atom is 0.251 e. The van der Waals surface area contributed by atoms with E-state index in [1.165, 1.54) is 0 Å². The molecule has 0 bridgehead atoms. The number of fused-ring (bicyclic) bond motifs is 2. The second kappa shape index (κ2) is 9.65. The van der Waals surface area contributed by atoms with Crippen LogP contribution in [0.1, 0.15) is 27.0 Å².